The molecule has 31 heavy (non-hydrogen) atoms. The maximum Gasteiger partial charge on any atom is 0.243 e. The molecule has 1 aromatic heterocycles. The minimum Gasteiger partial charge on any atom is -0.360 e. The number of hydrogen-bond donors (Lipinski definition) is 2. The summed E-state index contributed by atoms with van der Waals surface area (Å²) >= 11 is 0. The van der Waals surface area contributed by atoms with Crippen molar-refractivity contribution in [2.24, 2.45) is 0 Å². The van der Waals surface area contributed by atoms with Crippen molar-refractivity contribution in [1.82, 2.24) is 9.97 Å². The van der Waals surface area contributed by atoms with Crippen LogP contribution in [0, 0.1) is 0 Å². The third-order valence-corrected chi connectivity index (χ3v) is 5.48. The third kappa shape index (κ3) is 4.19. The monoisotopic (exact) mass is 409 g/mol. The number of nitrogens with one attached hydrogen (secondary N) is 2. The maximum atomic E-state index is 12.4. The molecule has 4 aromatic rings. The van der Waals surface area contributed by atoms with Gasteiger partial charge in [-0.05, 0) is 41.8 Å². The summed E-state index contributed by atoms with van der Waals surface area (Å²) in [6.45, 7) is 1.77. The zero-order valence-corrected chi connectivity index (χ0v) is 17.1. The van der Waals surface area contributed by atoms with E-state index in [0.29, 0.717) is 11.8 Å². The van der Waals surface area contributed by atoms with Crippen LogP contribution >= 0.6 is 0 Å². The second-order valence-corrected chi connectivity index (χ2v) is 7.60. The molecule has 0 saturated carbocycles. The molecule has 6 nitrogen and oxygen atoms in total. The largest absolute Gasteiger partial charge is 0.360 e. The molecule has 0 spiro atoms. The van der Waals surface area contributed by atoms with Crippen LogP contribution in [0.25, 0.3) is 10.9 Å². The fraction of sp³-hybridized carbons (Fsp3) is 0.160. The van der Waals surface area contributed by atoms with E-state index in [2.05, 4.69) is 39.8 Å². The van der Waals surface area contributed by atoms with Crippen LogP contribution < -0.4 is 15.5 Å². The van der Waals surface area contributed by atoms with Crippen LogP contribution in [0.3, 0.4) is 0 Å². The fourth-order valence-corrected chi connectivity index (χ4v) is 3.90. The molecule has 5 rings (SSSR count). The summed E-state index contributed by atoms with van der Waals surface area (Å²) in [6.07, 6.45) is 0.967. The lowest BCUT2D eigenvalue weighted by Crippen LogP contribution is -2.32. The molecule has 0 saturated heterocycles. The molecule has 0 aliphatic carbocycles. The summed E-state index contributed by atoms with van der Waals surface area (Å²) < 4.78 is 0. The van der Waals surface area contributed by atoms with Gasteiger partial charge in [0.2, 0.25) is 11.9 Å². The lowest BCUT2D eigenvalue weighted by Gasteiger charge is -2.29. The summed E-state index contributed by atoms with van der Waals surface area (Å²) in [5, 5.41) is 7.01. The Bertz CT molecular complexity index is 1230. The van der Waals surface area contributed by atoms with E-state index in [0.717, 1.165) is 36.1 Å². The molecular weight excluding hydrogens is 386 g/mol. The topological polar surface area (TPSA) is 70.2 Å². The minimum atomic E-state index is -0.123. The fourth-order valence-electron chi connectivity index (χ4n) is 3.90. The summed E-state index contributed by atoms with van der Waals surface area (Å²) in [6, 6.07) is 25.8. The second kappa shape index (κ2) is 8.44. The number of hydrogen-bond acceptors (Lipinski definition) is 5. The Morgan fingerprint density at radius 1 is 0.871 bits per heavy atom. The molecule has 0 radical (unpaired) electrons. The van der Waals surface area contributed by atoms with E-state index in [9.17, 15) is 4.79 Å². The summed E-state index contributed by atoms with van der Waals surface area (Å²) in [5.74, 6) is 1.23. The van der Waals surface area contributed by atoms with E-state index < -0.39 is 0 Å². The zero-order chi connectivity index (χ0) is 21.0. The highest BCUT2D eigenvalue weighted by Gasteiger charge is 2.20. The molecule has 1 aliphatic rings. The Hall–Kier alpha value is -3.93. The number of rotatable bonds is 5. The van der Waals surface area contributed by atoms with E-state index in [1.54, 1.807) is 0 Å². The van der Waals surface area contributed by atoms with Gasteiger partial charge in [0.15, 0.2) is 0 Å². The average Bonchev–Trinajstić information content (AvgIpc) is 2.82. The molecule has 3 aromatic carbocycles. The molecule has 2 N–H and O–H groups in total. The van der Waals surface area contributed by atoms with Crippen LogP contribution in [-0.4, -0.2) is 29.0 Å². The Labute approximate surface area is 181 Å². The molecule has 154 valence electrons. The predicted octanol–water partition coefficient (Wildman–Crippen LogP) is 4.24. The predicted molar refractivity (Wildman–Crippen MR) is 124 cm³/mol. The van der Waals surface area contributed by atoms with Crippen LogP contribution in [0.2, 0.25) is 0 Å². The highest BCUT2D eigenvalue weighted by Crippen LogP contribution is 2.27. The SMILES string of the molecule is O=C(CNc1nc(N2CCc3ccccc3C2)nc2ccccc12)Nc1ccccc1. The Kier molecular flexibility index (Phi) is 5.19. The van der Waals surface area contributed by atoms with E-state index in [1.165, 1.54) is 11.1 Å². The van der Waals surface area contributed by atoms with E-state index >= 15 is 0 Å². The van der Waals surface area contributed by atoms with Gasteiger partial charge in [0.25, 0.3) is 0 Å². The lowest BCUT2D eigenvalue weighted by molar-refractivity contribution is -0.114. The van der Waals surface area contributed by atoms with Crippen LogP contribution in [0.15, 0.2) is 78.9 Å². The number of amides is 1. The van der Waals surface area contributed by atoms with Crippen molar-refractivity contribution < 1.29 is 4.79 Å². The normalized spacial score (nSPS) is 13.0. The molecule has 2 heterocycles. The van der Waals surface area contributed by atoms with Gasteiger partial charge in [-0.3, -0.25) is 4.79 Å². The number of para-hydroxylation sites is 2. The van der Waals surface area contributed by atoms with Crippen molar-refractivity contribution >= 4 is 34.3 Å². The standard InChI is InChI=1S/C25H23N5O/c31-23(27-20-10-2-1-3-11-20)16-26-24-21-12-6-7-13-22(21)28-25(29-24)30-15-14-18-8-4-5-9-19(18)17-30/h1-13H,14-17H2,(H,27,31)(H,26,28,29). The highest BCUT2D eigenvalue weighted by molar-refractivity contribution is 5.96. The smallest absolute Gasteiger partial charge is 0.243 e. The first-order valence-corrected chi connectivity index (χ1v) is 10.4. The van der Waals surface area contributed by atoms with Crippen molar-refractivity contribution in [3.63, 3.8) is 0 Å². The van der Waals surface area contributed by atoms with Crippen LogP contribution in [-0.2, 0) is 17.8 Å². The van der Waals surface area contributed by atoms with Gasteiger partial charge in [0, 0.05) is 24.2 Å². The van der Waals surface area contributed by atoms with Crippen molar-refractivity contribution in [2.45, 2.75) is 13.0 Å². The number of carbonyl (C=O) groups is 1. The first-order chi connectivity index (χ1) is 15.3. The minimum absolute atomic E-state index is 0.123. The number of benzene rings is 3. The van der Waals surface area contributed by atoms with E-state index in [-0.39, 0.29) is 12.5 Å². The van der Waals surface area contributed by atoms with Gasteiger partial charge in [-0.2, -0.15) is 4.98 Å². The average molecular weight is 409 g/mol. The number of carbonyl (C=O) groups excluding carboxylic acids is 1. The first kappa shape index (κ1) is 19.1. The second-order valence-electron chi connectivity index (χ2n) is 7.60. The number of fused-ring (bicyclic) bond motifs is 2. The molecule has 6 heteroatoms. The van der Waals surface area contributed by atoms with Crippen molar-refractivity contribution in [1.29, 1.82) is 0 Å². The summed E-state index contributed by atoms with van der Waals surface area (Å²) in [5.41, 5.74) is 4.32. The number of anilines is 3. The Balaban J connectivity index is 1.38. The third-order valence-electron chi connectivity index (χ3n) is 5.48. The van der Waals surface area contributed by atoms with Gasteiger partial charge in [-0.15, -0.1) is 0 Å². The zero-order valence-electron chi connectivity index (χ0n) is 17.1. The number of nitrogens with zero attached hydrogens (tertiary/aromatic N) is 3. The Morgan fingerprint density at radius 3 is 2.48 bits per heavy atom. The van der Waals surface area contributed by atoms with E-state index in [1.807, 2.05) is 54.6 Å². The molecule has 1 amide bonds. The van der Waals surface area contributed by atoms with Gasteiger partial charge in [-0.1, -0.05) is 54.6 Å². The molecule has 1 aliphatic heterocycles. The molecule has 0 unspecified atom stereocenters. The van der Waals surface area contributed by atoms with Crippen molar-refractivity contribution in [3.8, 4) is 0 Å². The first-order valence-electron chi connectivity index (χ1n) is 10.4. The van der Waals surface area contributed by atoms with Crippen LogP contribution in [0.5, 0.6) is 0 Å². The maximum absolute atomic E-state index is 12.4. The van der Waals surface area contributed by atoms with Crippen molar-refractivity contribution in [3.05, 3.63) is 90.0 Å². The number of aromatic nitrogens is 2. The molecule has 0 bridgehead atoms. The quantitative estimate of drug-likeness (QED) is 0.516. The van der Waals surface area contributed by atoms with E-state index in [4.69, 9.17) is 9.97 Å². The molecule has 0 fully saturated rings. The lowest BCUT2D eigenvalue weighted by atomic mass is 10.0. The Morgan fingerprint density at radius 2 is 1.61 bits per heavy atom. The van der Waals surface area contributed by atoms with Crippen molar-refractivity contribution in [2.75, 3.05) is 28.6 Å². The highest BCUT2D eigenvalue weighted by atomic mass is 16.1. The molecular formula is C25H23N5O. The van der Waals surface area contributed by atoms with Crippen LogP contribution in [0.4, 0.5) is 17.5 Å². The van der Waals surface area contributed by atoms with Gasteiger partial charge in [0.05, 0.1) is 12.1 Å². The van der Waals surface area contributed by atoms with Gasteiger partial charge < -0.3 is 15.5 Å². The van der Waals surface area contributed by atoms with Gasteiger partial charge in [-0.25, -0.2) is 4.98 Å². The summed E-state index contributed by atoms with van der Waals surface area (Å²) in [7, 11) is 0. The summed E-state index contributed by atoms with van der Waals surface area (Å²) in [4.78, 5) is 24.2. The van der Waals surface area contributed by atoms with Gasteiger partial charge >= 0.3 is 0 Å². The molecule has 0 atom stereocenters. The van der Waals surface area contributed by atoms with Crippen LogP contribution in [0.1, 0.15) is 11.1 Å². The van der Waals surface area contributed by atoms with Gasteiger partial charge in [0.1, 0.15) is 5.82 Å².